The molecule has 0 unspecified atom stereocenters. The molecule has 0 aliphatic carbocycles. The second kappa shape index (κ2) is 8.48. The van der Waals surface area contributed by atoms with Crippen LogP contribution in [0, 0.1) is 10.1 Å². The summed E-state index contributed by atoms with van der Waals surface area (Å²) in [5.74, 6) is -0.159. The average molecular weight is 305 g/mol. The molecule has 0 saturated carbocycles. The van der Waals surface area contributed by atoms with Crippen molar-refractivity contribution in [3.63, 3.8) is 0 Å². The van der Waals surface area contributed by atoms with Gasteiger partial charge in [0, 0.05) is 18.2 Å². The van der Waals surface area contributed by atoms with E-state index in [0.29, 0.717) is 12.1 Å². The Balaban J connectivity index is 1.70. The number of carbonyl (C=O) groups is 1. The summed E-state index contributed by atoms with van der Waals surface area (Å²) in [7, 11) is 0. The topological polar surface area (TPSA) is 75.5 Å². The van der Waals surface area contributed by atoms with Crippen molar-refractivity contribution in [2.24, 2.45) is 0 Å². The summed E-state index contributed by atoms with van der Waals surface area (Å²) in [5, 5.41) is 13.8. The highest BCUT2D eigenvalue weighted by Crippen LogP contribution is 2.17. The van der Waals surface area contributed by atoms with E-state index < -0.39 is 4.92 Å². The normalized spacial score (nSPS) is 15.5. The zero-order chi connectivity index (χ0) is 15.8. The fourth-order valence-corrected chi connectivity index (χ4v) is 2.79. The van der Waals surface area contributed by atoms with Crippen LogP contribution in [0.4, 0.5) is 5.69 Å². The number of nitrogens with one attached hydrogen (secondary N) is 1. The van der Waals surface area contributed by atoms with Gasteiger partial charge in [-0.3, -0.25) is 14.9 Å². The first-order valence-electron chi connectivity index (χ1n) is 7.88. The van der Waals surface area contributed by atoms with Crippen LogP contribution in [-0.2, 0) is 11.2 Å². The van der Waals surface area contributed by atoms with Crippen molar-refractivity contribution >= 4 is 11.6 Å². The van der Waals surface area contributed by atoms with Crippen molar-refractivity contribution in [3.8, 4) is 0 Å². The third-order valence-electron chi connectivity index (χ3n) is 3.96. The van der Waals surface area contributed by atoms with Gasteiger partial charge in [0.1, 0.15) is 0 Å². The molecule has 0 aromatic heterocycles. The zero-order valence-corrected chi connectivity index (χ0v) is 12.8. The van der Waals surface area contributed by atoms with Crippen molar-refractivity contribution in [2.45, 2.75) is 32.1 Å². The molecule has 0 bridgehead atoms. The van der Waals surface area contributed by atoms with Crippen LogP contribution in [0.2, 0.25) is 0 Å². The highest BCUT2D eigenvalue weighted by atomic mass is 16.6. The quantitative estimate of drug-likeness (QED) is 0.476. The molecule has 1 saturated heterocycles. The maximum absolute atomic E-state index is 11.9. The molecule has 1 aliphatic heterocycles. The molecular formula is C16H23N3O3. The SMILES string of the molecule is O=C(Cc1ccccc1[N+](=O)[O-])NCCCN1CCCCC1. The van der Waals surface area contributed by atoms with E-state index in [9.17, 15) is 14.9 Å². The Hall–Kier alpha value is -1.95. The molecule has 6 heteroatoms. The number of nitro groups is 1. The van der Waals surface area contributed by atoms with E-state index in [4.69, 9.17) is 0 Å². The number of hydrogen-bond donors (Lipinski definition) is 1. The van der Waals surface area contributed by atoms with Gasteiger partial charge in [0.25, 0.3) is 5.69 Å². The van der Waals surface area contributed by atoms with Crippen LogP contribution in [0.15, 0.2) is 24.3 Å². The molecule has 1 aromatic carbocycles. The summed E-state index contributed by atoms with van der Waals surface area (Å²) in [6.45, 7) is 3.94. The molecule has 1 N–H and O–H groups in total. The standard InChI is InChI=1S/C16H23N3O3/c20-16(13-14-7-2-3-8-15(14)19(21)22)17-9-6-12-18-10-4-1-5-11-18/h2-3,7-8H,1,4-6,9-13H2,(H,17,20). The lowest BCUT2D eigenvalue weighted by molar-refractivity contribution is -0.385. The average Bonchev–Trinajstić information content (AvgIpc) is 2.53. The predicted octanol–water partition coefficient (Wildman–Crippen LogP) is 2.13. The van der Waals surface area contributed by atoms with Gasteiger partial charge in [-0.2, -0.15) is 0 Å². The summed E-state index contributed by atoms with van der Waals surface area (Å²) < 4.78 is 0. The first-order chi connectivity index (χ1) is 10.7. The van der Waals surface area contributed by atoms with Gasteiger partial charge in [0.2, 0.25) is 5.91 Å². The maximum atomic E-state index is 11.9. The second-order valence-electron chi connectivity index (χ2n) is 5.67. The number of piperidine rings is 1. The van der Waals surface area contributed by atoms with Crippen LogP contribution in [0.25, 0.3) is 0 Å². The fraction of sp³-hybridized carbons (Fsp3) is 0.562. The molecule has 1 fully saturated rings. The predicted molar refractivity (Wildman–Crippen MR) is 84.7 cm³/mol. The monoisotopic (exact) mass is 305 g/mol. The van der Waals surface area contributed by atoms with Gasteiger partial charge < -0.3 is 10.2 Å². The van der Waals surface area contributed by atoms with Gasteiger partial charge in [0.15, 0.2) is 0 Å². The number of carbonyl (C=O) groups excluding carboxylic acids is 1. The Morgan fingerprint density at radius 3 is 2.68 bits per heavy atom. The number of nitrogens with zero attached hydrogens (tertiary/aromatic N) is 2. The lowest BCUT2D eigenvalue weighted by Crippen LogP contribution is -2.33. The fourth-order valence-electron chi connectivity index (χ4n) is 2.79. The number of hydrogen-bond acceptors (Lipinski definition) is 4. The lowest BCUT2D eigenvalue weighted by atomic mass is 10.1. The first-order valence-corrected chi connectivity index (χ1v) is 7.88. The van der Waals surface area contributed by atoms with Crippen molar-refractivity contribution < 1.29 is 9.72 Å². The van der Waals surface area contributed by atoms with Crippen LogP contribution >= 0.6 is 0 Å². The van der Waals surface area contributed by atoms with Crippen LogP contribution < -0.4 is 5.32 Å². The van der Waals surface area contributed by atoms with Gasteiger partial charge in [-0.25, -0.2) is 0 Å². The number of likely N-dealkylation sites (tertiary alicyclic amines) is 1. The molecule has 6 nitrogen and oxygen atoms in total. The van der Waals surface area contributed by atoms with Crippen LogP contribution in [0.5, 0.6) is 0 Å². The highest BCUT2D eigenvalue weighted by Gasteiger charge is 2.15. The van der Waals surface area contributed by atoms with Crippen LogP contribution in [-0.4, -0.2) is 41.9 Å². The Kier molecular flexibility index (Phi) is 6.33. The van der Waals surface area contributed by atoms with E-state index in [1.165, 1.54) is 25.3 Å². The van der Waals surface area contributed by atoms with Crippen molar-refractivity contribution in [1.29, 1.82) is 0 Å². The van der Waals surface area contributed by atoms with E-state index in [2.05, 4.69) is 10.2 Å². The van der Waals surface area contributed by atoms with E-state index in [1.807, 2.05) is 0 Å². The van der Waals surface area contributed by atoms with E-state index in [1.54, 1.807) is 18.2 Å². The Morgan fingerprint density at radius 2 is 1.95 bits per heavy atom. The minimum absolute atomic E-state index is 0.00552. The van der Waals surface area contributed by atoms with E-state index in [-0.39, 0.29) is 18.0 Å². The number of benzene rings is 1. The number of amides is 1. The minimum Gasteiger partial charge on any atom is -0.356 e. The van der Waals surface area contributed by atoms with Gasteiger partial charge in [0.05, 0.1) is 11.3 Å². The summed E-state index contributed by atoms with van der Waals surface area (Å²) in [6.07, 6.45) is 4.83. The van der Waals surface area contributed by atoms with Gasteiger partial charge in [-0.15, -0.1) is 0 Å². The largest absolute Gasteiger partial charge is 0.356 e. The van der Waals surface area contributed by atoms with E-state index >= 15 is 0 Å². The molecule has 0 radical (unpaired) electrons. The third-order valence-corrected chi connectivity index (χ3v) is 3.96. The molecule has 0 atom stereocenters. The minimum atomic E-state index is -0.445. The Morgan fingerprint density at radius 1 is 1.23 bits per heavy atom. The Labute approximate surface area is 130 Å². The Bertz CT molecular complexity index is 513. The highest BCUT2D eigenvalue weighted by molar-refractivity contribution is 5.79. The van der Waals surface area contributed by atoms with Gasteiger partial charge in [-0.1, -0.05) is 24.6 Å². The van der Waals surface area contributed by atoms with Crippen molar-refractivity contribution in [1.82, 2.24) is 10.2 Å². The number of para-hydroxylation sites is 1. The molecule has 1 amide bonds. The molecule has 2 rings (SSSR count). The zero-order valence-electron chi connectivity index (χ0n) is 12.8. The number of rotatable bonds is 7. The van der Waals surface area contributed by atoms with Gasteiger partial charge in [-0.05, 0) is 38.9 Å². The summed E-state index contributed by atoms with van der Waals surface area (Å²) >= 11 is 0. The lowest BCUT2D eigenvalue weighted by Gasteiger charge is -2.26. The third kappa shape index (κ3) is 5.11. The molecular weight excluding hydrogens is 282 g/mol. The molecule has 1 aliphatic rings. The smallest absolute Gasteiger partial charge is 0.273 e. The second-order valence-corrected chi connectivity index (χ2v) is 5.67. The molecule has 0 spiro atoms. The van der Waals surface area contributed by atoms with Crippen LogP contribution in [0.3, 0.4) is 0 Å². The molecule has 120 valence electrons. The van der Waals surface area contributed by atoms with Gasteiger partial charge >= 0.3 is 0 Å². The maximum Gasteiger partial charge on any atom is 0.273 e. The van der Waals surface area contributed by atoms with Crippen molar-refractivity contribution in [3.05, 3.63) is 39.9 Å². The first kappa shape index (κ1) is 16.4. The summed E-state index contributed by atoms with van der Waals surface area (Å²) in [6, 6.07) is 6.38. The number of nitro benzene ring substituents is 1. The molecule has 1 heterocycles. The van der Waals surface area contributed by atoms with Crippen molar-refractivity contribution in [2.75, 3.05) is 26.2 Å². The molecule has 1 aromatic rings. The summed E-state index contributed by atoms with van der Waals surface area (Å²) in [4.78, 5) is 24.8. The molecule has 22 heavy (non-hydrogen) atoms. The van der Waals surface area contributed by atoms with E-state index in [0.717, 1.165) is 26.1 Å². The van der Waals surface area contributed by atoms with Crippen LogP contribution in [0.1, 0.15) is 31.2 Å². The summed E-state index contributed by atoms with van der Waals surface area (Å²) in [5.41, 5.74) is 0.465.